The highest BCUT2D eigenvalue weighted by Crippen LogP contribution is 2.60. The van der Waals surface area contributed by atoms with Crippen LogP contribution in [0.15, 0.2) is 17.1 Å². The number of nitrogens with zero attached hydrogens (tertiary/aromatic N) is 1. The minimum Gasteiger partial charge on any atom is -0.451 e. The monoisotopic (exact) mass is 260 g/mol. The SMILES string of the molecule is O=C(NCc1cocn1)C12CC3CC(CC(C3)C1)C2. The summed E-state index contributed by atoms with van der Waals surface area (Å²) in [4.78, 5) is 16.7. The van der Waals surface area contributed by atoms with Gasteiger partial charge in [-0.1, -0.05) is 0 Å². The Morgan fingerprint density at radius 1 is 1.26 bits per heavy atom. The maximum atomic E-state index is 12.6. The fourth-order valence-electron chi connectivity index (χ4n) is 5.07. The second kappa shape index (κ2) is 4.09. The Hall–Kier alpha value is -1.32. The van der Waals surface area contributed by atoms with Crippen molar-refractivity contribution in [1.82, 2.24) is 10.3 Å². The molecule has 0 radical (unpaired) electrons. The molecule has 4 fully saturated rings. The van der Waals surface area contributed by atoms with Crippen LogP contribution in [0.25, 0.3) is 0 Å². The summed E-state index contributed by atoms with van der Waals surface area (Å²) >= 11 is 0. The molecule has 0 spiro atoms. The Morgan fingerprint density at radius 2 is 1.89 bits per heavy atom. The van der Waals surface area contributed by atoms with Crippen molar-refractivity contribution in [3.63, 3.8) is 0 Å². The van der Waals surface area contributed by atoms with E-state index in [4.69, 9.17) is 4.42 Å². The Bertz CT molecular complexity index is 445. The van der Waals surface area contributed by atoms with Crippen LogP contribution >= 0.6 is 0 Å². The second-order valence-electron chi connectivity index (χ2n) is 6.86. The summed E-state index contributed by atoms with van der Waals surface area (Å²) in [5.41, 5.74) is 0.747. The molecule has 0 unspecified atom stereocenters. The van der Waals surface area contributed by atoms with Crippen molar-refractivity contribution >= 4 is 5.91 Å². The predicted molar refractivity (Wildman–Crippen MR) is 69.0 cm³/mol. The summed E-state index contributed by atoms with van der Waals surface area (Å²) in [6.07, 6.45) is 10.5. The molecule has 4 bridgehead atoms. The summed E-state index contributed by atoms with van der Waals surface area (Å²) in [5.74, 6) is 2.69. The molecule has 19 heavy (non-hydrogen) atoms. The zero-order chi connectivity index (χ0) is 12.9. The van der Waals surface area contributed by atoms with E-state index in [0.29, 0.717) is 6.54 Å². The van der Waals surface area contributed by atoms with E-state index in [9.17, 15) is 4.79 Å². The van der Waals surface area contributed by atoms with Crippen molar-refractivity contribution in [2.75, 3.05) is 0 Å². The van der Waals surface area contributed by atoms with Crippen LogP contribution in [0.5, 0.6) is 0 Å². The van der Waals surface area contributed by atoms with Crippen LogP contribution < -0.4 is 5.32 Å². The molecule has 1 heterocycles. The average Bonchev–Trinajstić information content (AvgIpc) is 2.87. The summed E-state index contributed by atoms with van der Waals surface area (Å²) < 4.78 is 4.93. The van der Waals surface area contributed by atoms with Crippen molar-refractivity contribution in [3.05, 3.63) is 18.4 Å². The van der Waals surface area contributed by atoms with Gasteiger partial charge in [0.2, 0.25) is 5.91 Å². The third kappa shape index (κ3) is 1.88. The van der Waals surface area contributed by atoms with Crippen LogP contribution in [0, 0.1) is 23.2 Å². The molecule has 4 saturated carbocycles. The molecule has 4 aliphatic carbocycles. The van der Waals surface area contributed by atoms with Gasteiger partial charge in [0.1, 0.15) is 6.26 Å². The van der Waals surface area contributed by atoms with E-state index in [1.165, 1.54) is 25.7 Å². The predicted octanol–water partition coefficient (Wildman–Crippen LogP) is 2.51. The van der Waals surface area contributed by atoms with E-state index >= 15 is 0 Å². The van der Waals surface area contributed by atoms with Gasteiger partial charge in [-0.25, -0.2) is 4.98 Å². The molecule has 1 amide bonds. The summed E-state index contributed by atoms with van der Waals surface area (Å²) in [7, 11) is 0. The van der Waals surface area contributed by atoms with Crippen LogP contribution in [0.3, 0.4) is 0 Å². The first-order chi connectivity index (χ1) is 9.23. The molecular weight excluding hydrogens is 240 g/mol. The molecule has 0 saturated heterocycles. The van der Waals surface area contributed by atoms with Gasteiger partial charge in [0.25, 0.3) is 0 Å². The van der Waals surface area contributed by atoms with Gasteiger partial charge in [-0.05, 0) is 56.3 Å². The molecule has 4 heteroatoms. The van der Waals surface area contributed by atoms with Gasteiger partial charge in [-0.3, -0.25) is 4.79 Å². The largest absolute Gasteiger partial charge is 0.451 e. The number of nitrogens with one attached hydrogen (secondary N) is 1. The minimum atomic E-state index is -0.0571. The summed E-state index contributed by atoms with van der Waals surface area (Å²) in [6, 6.07) is 0. The number of carbonyl (C=O) groups excluding carboxylic acids is 1. The number of oxazole rings is 1. The number of hydrogen-bond donors (Lipinski definition) is 1. The second-order valence-corrected chi connectivity index (χ2v) is 6.86. The average molecular weight is 260 g/mol. The smallest absolute Gasteiger partial charge is 0.226 e. The number of aromatic nitrogens is 1. The molecule has 1 aromatic heterocycles. The summed E-state index contributed by atoms with van der Waals surface area (Å²) in [6.45, 7) is 0.497. The van der Waals surface area contributed by atoms with Crippen LogP contribution in [-0.4, -0.2) is 10.9 Å². The van der Waals surface area contributed by atoms with Crippen molar-refractivity contribution in [1.29, 1.82) is 0 Å². The Balaban J connectivity index is 1.47. The number of amides is 1. The van der Waals surface area contributed by atoms with Crippen LogP contribution in [0.2, 0.25) is 0 Å². The lowest BCUT2D eigenvalue weighted by molar-refractivity contribution is -0.146. The zero-order valence-corrected chi connectivity index (χ0v) is 11.1. The highest BCUT2D eigenvalue weighted by molar-refractivity contribution is 5.83. The molecule has 4 aliphatic rings. The molecule has 0 aromatic carbocycles. The highest BCUT2D eigenvalue weighted by Gasteiger charge is 2.54. The normalized spacial score (nSPS) is 39.5. The fraction of sp³-hybridized carbons (Fsp3) is 0.733. The Labute approximate surface area is 113 Å². The first kappa shape index (κ1) is 11.5. The molecule has 4 nitrogen and oxygen atoms in total. The van der Waals surface area contributed by atoms with Crippen molar-refractivity contribution in [3.8, 4) is 0 Å². The molecule has 1 aromatic rings. The third-order valence-corrected chi connectivity index (χ3v) is 5.43. The zero-order valence-electron chi connectivity index (χ0n) is 11.1. The van der Waals surface area contributed by atoms with E-state index in [1.54, 1.807) is 6.26 Å². The van der Waals surface area contributed by atoms with Gasteiger partial charge in [-0.15, -0.1) is 0 Å². The number of rotatable bonds is 3. The van der Waals surface area contributed by atoms with Gasteiger partial charge < -0.3 is 9.73 Å². The number of hydrogen-bond acceptors (Lipinski definition) is 3. The molecule has 102 valence electrons. The van der Waals surface area contributed by atoms with E-state index in [-0.39, 0.29) is 11.3 Å². The lowest BCUT2D eigenvalue weighted by Crippen LogP contribution is -2.53. The van der Waals surface area contributed by atoms with E-state index < -0.39 is 0 Å². The molecule has 1 N–H and O–H groups in total. The van der Waals surface area contributed by atoms with Gasteiger partial charge in [0, 0.05) is 5.41 Å². The van der Waals surface area contributed by atoms with Gasteiger partial charge in [0.15, 0.2) is 6.39 Å². The maximum absolute atomic E-state index is 12.6. The highest BCUT2D eigenvalue weighted by atomic mass is 16.3. The molecule has 0 aliphatic heterocycles. The van der Waals surface area contributed by atoms with E-state index in [2.05, 4.69) is 10.3 Å². The fourth-order valence-corrected chi connectivity index (χ4v) is 5.07. The third-order valence-electron chi connectivity index (χ3n) is 5.43. The van der Waals surface area contributed by atoms with E-state index in [0.717, 1.165) is 42.7 Å². The van der Waals surface area contributed by atoms with E-state index in [1.807, 2.05) is 0 Å². The maximum Gasteiger partial charge on any atom is 0.226 e. The van der Waals surface area contributed by atoms with Gasteiger partial charge in [-0.2, -0.15) is 0 Å². The first-order valence-electron chi connectivity index (χ1n) is 7.39. The standard InChI is InChI=1S/C15H20N2O2/c18-14(16-7-13-8-19-9-17-13)15-4-10-1-11(5-15)3-12(2-10)6-15/h8-12H,1-7H2,(H,16,18). The van der Waals surface area contributed by atoms with Crippen LogP contribution in [-0.2, 0) is 11.3 Å². The van der Waals surface area contributed by atoms with Crippen molar-refractivity contribution < 1.29 is 9.21 Å². The lowest BCUT2D eigenvalue weighted by Gasteiger charge is -2.55. The quantitative estimate of drug-likeness (QED) is 0.908. The van der Waals surface area contributed by atoms with Gasteiger partial charge >= 0.3 is 0 Å². The van der Waals surface area contributed by atoms with Crippen molar-refractivity contribution in [2.45, 2.75) is 45.1 Å². The molecule has 0 atom stereocenters. The van der Waals surface area contributed by atoms with Crippen LogP contribution in [0.1, 0.15) is 44.2 Å². The van der Waals surface area contributed by atoms with Crippen molar-refractivity contribution in [2.24, 2.45) is 23.2 Å². The van der Waals surface area contributed by atoms with Crippen LogP contribution in [0.4, 0.5) is 0 Å². The Kier molecular flexibility index (Phi) is 2.47. The van der Waals surface area contributed by atoms with Gasteiger partial charge in [0.05, 0.1) is 12.2 Å². The first-order valence-corrected chi connectivity index (χ1v) is 7.39. The minimum absolute atomic E-state index is 0.0571. The summed E-state index contributed by atoms with van der Waals surface area (Å²) in [5, 5.41) is 3.08. The Morgan fingerprint density at radius 3 is 2.42 bits per heavy atom. The number of carbonyl (C=O) groups is 1. The molecule has 5 rings (SSSR count). The lowest BCUT2D eigenvalue weighted by atomic mass is 9.49. The molecular formula is C15H20N2O2. The topological polar surface area (TPSA) is 55.1 Å².